The number of benzene rings is 1. The van der Waals surface area contributed by atoms with E-state index in [0.29, 0.717) is 0 Å². The molecule has 1 aromatic carbocycles. The number of amides is 1. The maximum absolute atomic E-state index is 11.9. The number of nitrogens with zero attached hydrogens (tertiary/aromatic N) is 1. The Hall–Kier alpha value is -2.08. The number of aliphatic carboxylic acids is 1. The van der Waals surface area contributed by atoms with Crippen LogP contribution in [0.15, 0.2) is 30.3 Å². The number of carboxylic acids is 1. The molecule has 110 valence electrons. The van der Waals surface area contributed by atoms with E-state index in [9.17, 15) is 9.59 Å². The molecule has 1 N–H and O–H groups in total. The maximum atomic E-state index is 11.9. The summed E-state index contributed by atoms with van der Waals surface area (Å²) in [6.07, 6.45) is -0.932. The summed E-state index contributed by atoms with van der Waals surface area (Å²) < 4.78 is 10.1. The summed E-state index contributed by atoms with van der Waals surface area (Å²) in [6.45, 7) is 1.61. The molecule has 0 spiro atoms. The van der Waals surface area contributed by atoms with E-state index in [2.05, 4.69) is 0 Å². The highest BCUT2D eigenvalue weighted by Crippen LogP contribution is 2.04. The van der Waals surface area contributed by atoms with E-state index in [0.717, 1.165) is 10.5 Å². The topological polar surface area (TPSA) is 76.1 Å². The van der Waals surface area contributed by atoms with Crippen molar-refractivity contribution in [3.63, 3.8) is 0 Å². The number of methoxy groups -OCH3 is 1. The first-order valence-electron chi connectivity index (χ1n) is 6.23. The number of rotatable bonds is 7. The fourth-order valence-corrected chi connectivity index (χ4v) is 1.56. The van der Waals surface area contributed by atoms with Crippen LogP contribution in [0.25, 0.3) is 0 Å². The lowest BCUT2D eigenvalue weighted by molar-refractivity contribution is -0.138. The minimum Gasteiger partial charge on any atom is -0.480 e. The zero-order valence-electron chi connectivity index (χ0n) is 11.6. The molecule has 0 aliphatic carbocycles. The summed E-state index contributed by atoms with van der Waals surface area (Å²) >= 11 is 0. The molecule has 0 aliphatic heterocycles. The second-order valence-electron chi connectivity index (χ2n) is 4.36. The lowest BCUT2D eigenvalue weighted by Crippen LogP contribution is -2.40. The highest BCUT2D eigenvalue weighted by Gasteiger charge is 2.20. The van der Waals surface area contributed by atoms with Gasteiger partial charge < -0.3 is 14.6 Å². The first kappa shape index (κ1) is 16.0. The average Bonchev–Trinajstić information content (AvgIpc) is 2.44. The molecule has 0 saturated heterocycles. The molecule has 0 fully saturated rings. The summed E-state index contributed by atoms with van der Waals surface area (Å²) in [4.78, 5) is 23.8. The van der Waals surface area contributed by atoms with Crippen molar-refractivity contribution in [2.75, 3.05) is 20.2 Å². The Morgan fingerprint density at radius 3 is 2.50 bits per heavy atom. The van der Waals surface area contributed by atoms with Crippen LogP contribution in [0.3, 0.4) is 0 Å². The van der Waals surface area contributed by atoms with Crippen molar-refractivity contribution in [3.05, 3.63) is 35.9 Å². The highest BCUT2D eigenvalue weighted by molar-refractivity contribution is 5.76. The number of hydrogen-bond acceptors (Lipinski definition) is 4. The van der Waals surface area contributed by atoms with Crippen molar-refractivity contribution < 1.29 is 24.2 Å². The molecule has 20 heavy (non-hydrogen) atoms. The first-order chi connectivity index (χ1) is 9.52. The lowest BCUT2D eigenvalue weighted by atomic mass is 10.2. The third kappa shape index (κ3) is 5.71. The van der Waals surface area contributed by atoms with Crippen LogP contribution in [0.5, 0.6) is 0 Å². The number of hydrogen-bond donors (Lipinski definition) is 1. The van der Waals surface area contributed by atoms with E-state index in [-0.39, 0.29) is 19.3 Å². The first-order valence-corrected chi connectivity index (χ1v) is 6.23. The van der Waals surface area contributed by atoms with Gasteiger partial charge in [-0.05, 0) is 12.5 Å². The van der Waals surface area contributed by atoms with Crippen molar-refractivity contribution in [1.82, 2.24) is 4.90 Å². The molecule has 0 heterocycles. The van der Waals surface area contributed by atoms with Crippen LogP contribution in [0, 0.1) is 0 Å². The Morgan fingerprint density at radius 2 is 1.95 bits per heavy atom. The number of ether oxygens (including phenoxy) is 2. The zero-order valence-corrected chi connectivity index (χ0v) is 11.6. The van der Waals surface area contributed by atoms with Crippen LogP contribution in [-0.4, -0.2) is 48.4 Å². The van der Waals surface area contributed by atoms with Crippen molar-refractivity contribution >= 4 is 12.1 Å². The third-order valence-corrected chi connectivity index (χ3v) is 2.67. The Morgan fingerprint density at radius 1 is 1.30 bits per heavy atom. The van der Waals surface area contributed by atoms with Gasteiger partial charge in [-0.15, -0.1) is 0 Å². The van der Waals surface area contributed by atoms with Crippen LogP contribution in [0.4, 0.5) is 4.79 Å². The standard InChI is InChI=1S/C14H19NO5/c1-11(19-2)8-15(9-13(16)17)14(18)20-10-12-6-4-3-5-7-12/h3-7,11H,8-10H2,1-2H3,(H,16,17)/t11-/m1/s1. The molecule has 6 heteroatoms. The fraction of sp³-hybridized carbons (Fsp3) is 0.429. The average molecular weight is 281 g/mol. The molecular weight excluding hydrogens is 262 g/mol. The SMILES string of the molecule is CO[C@H](C)CN(CC(=O)O)C(=O)OCc1ccccc1. The number of carbonyl (C=O) groups excluding carboxylic acids is 1. The van der Waals surface area contributed by atoms with Gasteiger partial charge in [-0.3, -0.25) is 9.69 Å². The number of carbonyl (C=O) groups is 2. The molecule has 1 rings (SSSR count). The van der Waals surface area contributed by atoms with Gasteiger partial charge in [-0.2, -0.15) is 0 Å². The summed E-state index contributed by atoms with van der Waals surface area (Å²) in [5.41, 5.74) is 0.843. The van der Waals surface area contributed by atoms with Crippen LogP contribution in [-0.2, 0) is 20.9 Å². The Kier molecular flexibility index (Phi) is 6.52. The van der Waals surface area contributed by atoms with Crippen LogP contribution in [0.2, 0.25) is 0 Å². The lowest BCUT2D eigenvalue weighted by Gasteiger charge is -2.23. The Balaban J connectivity index is 2.56. The van der Waals surface area contributed by atoms with Crippen LogP contribution < -0.4 is 0 Å². The quantitative estimate of drug-likeness (QED) is 0.824. The van der Waals surface area contributed by atoms with Crippen molar-refractivity contribution in [2.24, 2.45) is 0 Å². The molecule has 0 saturated carbocycles. The summed E-state index contributed by atoms with van der Waals surface area (Å²) in [5.74, 6) is -1.09. The second-order valence-corrected chi connectivity index (χ2v) is 4.36. The zero-order chi connectivity index (χ0) is 15.0. The van der Waals surface area contributed by atoms with E-state index < -0.39 is 18.6 Å². The van der Waals surface area contributed by atoms with Gasteiger partial charge in [0.2, 0.25) is 0 Å². The molecule has 0 unspecified atom stereocenters. The van der Waals surface area contributed by atoms with Gasteiger partial charge in [0.15, 0.2) is 0 Å². The van der Waals surface area contributed by atoms with Gasteiger partial charge in [0.1, 0.15) is 13.2 Å². The van der Waals surface area contributed by atoms with Crippen LogP contribution >= 0.6 is 0 Å². The molecule has 1 amide bonds. The maximum Gasteiger partial charge on any atom is 0.410 e. The Labute approximate surface area is 117 Å². The predicted octanol–water partition coefficient (Wildman–Crippen LogP) is 1.74. The molecule has 6 nitrogen and oxygen atoms in total. The fourth-order valence-electron chi connectivity index (χ4n) is 1.56. The summed E-state index contributed by atoms with van der Waals surface area (Å²) in [5, 5.41) is 8.81. The van der Waals surface area contributed by atoms with E-state index in [1.807, 2.05) is 30.3 Å². The van der Waals surface area contributed by atoms with Gasteiger partial charge in [-0.25, -0.2) is 4.79 Å². The Bertz CT molecular complexity index is 434. The normalized spacial score (nSPS) is 11.7. The predicted molar refractivity (Wildman–Crippen MR) is 72.3 cm³/mol. The van der Waals surface area contributed by atoms with Crippen molar-refractivity contribution in [2.45, 2.75) is 19.6 Å². The highest BCUT2D eigenvalue weighted by atomic mass is 16.6. The molecule has 1 atom stereocenters. The third-order valence-electron chi connectivity index (χ3n) is 2.67. The molecule has 0 aromatic heterocycles. The number of carboxylic acid groups (broad SMARTS) is 1. The minimum atomic E-state index is -1.09. The summed E-state index contributed by atoms with van der Waals surface area (Å²) in [7, 11) is 1.50. The molecule has 0 aliphatic rings. The monoisotopic (exact) mass is 281 g/mol. The largest absolute Gasteiger partial charge is 0.480 e. The van der Waals surface area contributed by atoms with Gasteiger partial charge >= 0.3 is 12.1 Å². The van der Waals surface area contributed by atoms with Gasteiger partial charge in [-0.1, -0.05) is 30.3 Å². The van der Waals surface area contributed by atoms with Crippen LogP contribution in [0.1, 0.15) is 12.5 Å². The van der Waals surface area contributed by atoms with Gasteiger partial charge in [0, 0.05) is 7.11 Å². The van der Waals surface area contributed by atoms with Crippen molar-refractivity contribution in [1.29, 1.82) is 0 Å². The van der Waals surface area contributed by atoms with Gasteiger partial charge in [0.05, 0.1) is 12.6 Å². The summed E-state index contributed by atoms with van der Waals surface area (Å²) in [6, 6.07) is 9.19. The van der Waals surface area contributed by atoms with Gasteiger partial charge in [0.25, 0.3) is 0 Å². The van der Waals surface area contributed by atoms with E-state index >= 15 is 0 Å². The molecular formula is C14H19NO5. The minimum absolute atomic E-state index is 0.108. The second kappa shape index (κ2) is 8.16. The molecule has 1 aromatic rings. The molecule has 0 radical (unpaired) electrons. The van der Waals surface area contributed by atoms with E-state index in [1.54, 1.807) is 6.92 Å². The van der Waals surface area contributed by atoms with E-state index in [4.69, 9.17) is 14.6 Å². The smallest absolute Gasteiger partial charge is 0.410 e. The van der Waals surface area contributed by atoms with E-state index in [1.165, 1.54) is 7.11 Å². The molecule has 0 bridgehead atoms. The van der Waals surface area contributed by atoms with Crippen molar-refractivity contribution in [3.8, 4) is 0 Å².